The predicted octanol–water partition coefficient (Wildman–Crippen LogP) is 4.14. The zero-order valence-electron chi connectivity index (χ0n) is 19.8. The summed E-state index contributed by atoms with van der Waals surface area (Å²) in [5, 5.41) is 21.1. The number of rotatable bonds is 8. The smallest absolute Gasteiger partial charge is 0.338 e. The van der Waals surface area contributed by atoms with Crippen LogP contribution in [0, 0.1) is 28.4 Å². The molecule has 0 saturated carbocycles. The lowest BCUT2D eigenvalue weighted by atomic mass is 9.83. The van der Waals surface area contributed by atoms with E-state index in [1.54, 1.807) is 51.1 Å². The number of nitriles is 1. The van der Waals surface area contributed by atoms with Crippen molar-refractivity contribution >= 4 is 11.7 Å². The number of ether oxygens (including phenoxy) is 4. The highest BCUT2D eigenvalue weighted by Gasteiger charge is 2.36. The average Bonchev–Trinajstić information content (AvgIpc) is 2.82. The first-order valence-corrected chi connectivity index (χ1v) is 10.7. The van der Waals surface area contributed by atoms with Gasteiger partial charge in [-0.05, 0) is 50.1 Å². The molecule has 0 saturated heterocycles. The summed E-state index contributed by atoms with van der Waals surface area (Å²) >= 11 is 0. The summed E-state index contributed by atoms with van der Waals surface area (Å²) in [6.07, 6.45) is 0. The fourth-order valence-electron chi connectivity index (χ4n) is 3.79. The number of carbonyl (C=O) groups is 1. The Kier molecular flexibility index (Phi) is 7.61. The van der Waals surface area contributed by atoms with Crippen LogP contribution in [0.3, 0.4) is 0 Å². The van der Waals surface area contributed by atoms with Gasteiger partial charge in [-0.1, -0.05) is 12.1 Å². The highest BCUT2D eigenvalue weighted by molar-refractivity contribution is 5.92. The van der Waals surface area contributed by atoms with Gasteiger partial charge in [0.05, 0.1) is 35.7 Å². The van der Waals surface area contributed by atoms with E-state index in [4.69, 9.17) is 24.7 Å². The van der Waals surface area contributed by atoms with E-state index in [-0.39, 0.29) is 41.7 Å². The number of nitrogens with two attached hydrogens (primary N) is 1. The van der Waals surface area contributed by atoms with Crippen LogP contribution in [0.2, 0.25) is 0 Å². The highest BCUT2D eigenvalue weighted by atomic mass is 16.6. The number of carbonyl (C=O) groups excluding carboxylic acids is 1. The van der Waals surface area contributed by atoms with Crippen LogP contribution in [0.5, 0.6) is 11.5 Å². The maximum absolute atomic E-state index is 12.7. The molecule has 0 aromatic heterocycles. The van der Waals surface area contributed by atoms with Crippen LogP contribution in [-0.4, -0.2) is 24.6 Å². The third-order valence-corrected chi connectivity index (χ3v) is 5.44. The van der Waals surface area contributed by atoms with Crippen molar-refractivity contribution in [1.29, 1.82) is 5.26 Å². The molecule has 1 aliphatic heterocycles. The summed E-state index contributed by atoms with van der Waals surface area (Å²) in [6.45, 7) is 5.10. The van der Waals surface area contributed by atoms with Crippen LogP contribution < -0.4 is 15.2 Å². The molecule has 2 N–H and O–H groups in total. The Balaban J connectivity index is 1.99. The van der Waals surface area contributed by atoms with Crippen LogP contribution in [0.1, 0.15) is 36.5 Å². The van der Waals surface area contributed by atoms with Gasteiger partial charge in [-0.2, -0.15) is 5.26 Å². The van der Waals surface area contributed by atoms with Gasteiger partial charge in [0.2, 0.25) is 5.88 Å². The van der Waals surface area contributed by atoms with Crippen molar-refractivity contribution in [2.75, 3.05) is 13.7 Å². The first-order chi connectivity index (χ1) is 16.7. The lowest BCUT2D eigenvalue weighted by molar-refractivity contribution is -0.385. The quantitative estimate of drug-likeness (QED) is 0.335. The molecule has 182 valence electrons. The molecule has 0 bridgehead atoms. The maximum atomic E-state index is 12.7. The summed E-state index contributed by atoms with van der Waals surface area (Å²) in [5.41, 5.74) is 7.82. The van der Waals surface area contributed by atoms with Crippen LogP contribution >= 0.6 is 0 Å². The van der Waals surface area contributed by atoms with Crippen LogP contribution in [-0.2, 0) is 20.9 Å². The molecular weight excluding hydrogens is 454 g/mol. The van der Waals surface area contributed by atoms with Crippen LogP contribution in [0.25, 0.3) is 0 Å². The number of allylic oxidation sites excluding steroid dienone is 2. The van der Waals surface area contributed by atoms with Crippen LogP contribution in [0.4, 0.5) is 5.69 Å². The lowest BCUT2D eigenvalue weighted by Crippen LogP contribution is -2.25. The SMILES string of the molecule is CCOC(=O)C1=C(C)OC(N)=C(C#N)C1c1ccc(OCc2ccc(C)cc2[N+](=O)[O-])c(OC)c1. The standard InChI is InChI=1S/C25H25N3O7/c1-5-33-25(29)22-15(3)35-24(27)18(12-26)23(22)16-8-9-20(21(11-16)32-4)34-13-17-7-6-14(2)10-19(17)28(30)31/h6-11,23H,5,13,27H2,1-4H3. The maximum Gasteiger partial charge on any atom is 0.338 e. The largest absolute Gasteiger partial charge is 0.493 e. The monoisotopic (exact) mass is 479 g/mol. The summed E-state index contributed by atoms with van der Waals surface area (Å²) in [5.74, 6) is -0.701. The number of methoxy groups -OCH3 is 1. The lowest BCUT2D eigenvalue weighted by Gasteiger charge is -2.27. The molecule has 0 spiro atoms. The molecule has 35 heavy (non-hydrogen) atoms. The van der Waals surface area contributed by atoms with Gasteiger partial charge in [0, 0.05) is 6.07 Å². The van der Waals surface area contributed by atoms with Crippen molar-refractivity contribution in [2.45, 2.75) is 33.3 Å². The van der Waals surface area contributed by atoms with E-state index in [9.17, 15) is 20.2 Å². The van der Waals surface area contributed by atoms with E-state index in [2.05, 4.69) is 0 Å². The van der Waals surface area contributed by atoms with Gasteiger partial charge in [0.1, 0.15) is 24.0 Å². The fraction of sp³-hybridized carbons (Fsp3) is 0.280. The molecule has 2 aromatic rings. The Morgan fingerprint density at radius 3 is 2.60 bits per heavy atom. The van der Waals surface area contributed by atoms with E-state index < -0.39 is 16.8 Å². The minimum absolute atomic E-state index is 0.0400. The molecule has 0 radical (unpaired) electrons. The Morgan fingerprint density at radius 1 is 1.23 bits per heavy atom. The molecule has 3 rings (SSSR count). The molecule has 0 aliphatic carbocycles. The van der Waals surface area contributed by atoms with Crippen molar-refractivity contribution in [1.82, 2.24) is 0 Å². The normalized spacial score (nSPS) is 15.2. The number of benzene rings is 2. The molecule has 2 aromatic carbocycles. The van der Waals surface area contributed by atoms with Gasteiger partial charge < -0.3 is 24.7 Å². The van der Waals surface area contributed by atoms with E-state index in [1.807, 2.05) is 6.07 Å². The highest BCUT2D eigenvalue weighted by Crippen LogP contribution is 2.42. The summed E-state index contributed by atoms with van der Waals surface area (Å²) in [7, 11) is 1.44. The second-order valence-corrected chi connectivity index (χ2v) is 7.70. The molecule has 0 fully saturated rings. The molecule has 10 nitrogen and oxygen atoms in total. The second-order valence-electron chi connectivity index (χ2n) is 7.70. The first-order valence-electron chi connectivity index (χ1n) is 10.7. The molecule has 1 heterocycles. The Morgan fingerprint density at radius 2 is 1.97 bits per heavy atom. The third-order valence-electron chi connectivity index (χ3n) is 5.44. The second kappa shape index (κ2) is 10.6. The topological polar surface area (TPSA) is 147 Å². The number of hydrogen-bond donors (Lipinski definition) is 1. The van der Waals surface area contributed by atoms with Crippen molar-refractivity contribution in [2.24, 2.45) is 5.73 Å². The van der Waals surface area contributed by atoms with Crippen molar-refractivity contribution in [3.8, 4) is 17.6 Å². The first kappa shape index (κ1) is 25.1. The predicted molar refractivity (Wildman–Crippen MR) is 125 cm³/mol. The number of nitro groups is 1. The zero-order chi connectivity index (χ0) is 25.7. The summed E-state index contributed by atoms with van der Waals surface area (Å²) in [6, 6.07) is 11.8. The van der Waals surface area contributed by atoms with E-state index in [0.717, 1.165) is 5.56 Å². The van der Waals surface area contributed by atoms with Gasteiger partial charge in [-0.3, -0.25) is 10.1 Å². The fourth-order valence-corrected chi connectivity index (χ4v) is 3.79. The minimum Gasteiger partial charge on any atom is -0.493 e. The van der Waals surface area contributed by atoms with Crippen molar-refractivity contribution in [3.05, 3.63) is 86.0 Å². The van der Waals surface area contributed by atoms with E-state index in [1.165, 1.54) is 13.2 Å². The Labute approximate surface area is 202 Å². The number of nitrogens with zero attached hydrogens (tertiary/aromatic N) is 2. The molecule has 1 unspecified atom stereocenters. The van der Waals surface area contributed by atoms with E-state index >= 15 is 0 Å². The Hall–Kier alpha value is -4.52. The Bertz CT molecular complexity index is 1270. The van der Waals surface area contributed by atoms with Gasteiger partial charge in [0.25, 0.3) is 5.69 Å². The molecule has 0 amide bonds. The molecule has 1 atom stereocenters. The molecular formula is C25H25N3O7. The van der Waals surface area contributed by atoms with Gasteiger partial charge in [0.15, 0.2) is 11.5 Å². The third kappa shape index (κ3) is 5.19. The number of aryl methyl sites for hydroxylation is 1. The van der Waals surface area contributed by atoms with Gasteiger partial charge in [-0.25, -0.2) is 4.79 Å². The summed E-state index contributed by atoms with van der Waals surface area (Å²) in [4.78, 5) is 23.7. The van der Waals surface area contributed by atoms with E-state index in [0.29, 0.717) is 22.6 Å². The van der Waals surface area contributed by atoms with Crippen molar-refractivity contribution < 1.29 is 28.7 Å². The van der Waals surface area contributed by atoms with Crippen LogP contribution in [0.15, 0.2) is 59.2 Å². The number of esters is 1. The van der Waals surface area contributed by atoms with Gasteiger partial charge >= 0.3 is 5.97 Å². The van der Waals surface area contributed by atoms with Crippen molar-refractivity contribution in [3.63, 3.8) is 0 Å². The molecule has 10 heteroatoms. The molecule has 1 aliphatic rings. The number of hydrogen-bond acceptors (Lipinski definition) is 9. The minimum atomic E-state index is -0.839. The zero-order valence-corrected chi connectivity index (χ0v) is 19.8. The number of nitro benzene ring substituents is 1. The summed E-state index contributed by atoms with van der Waals surface area (Å²) < 4.78 is 21.9. The van der Waals surface area contributed by atoms with Gasteiger partial charge in [-0.15, -0.1) is 0 Å². The average molecular weight is 479 g/mol.